The van der Waals surface area contributed by atoms with Crippen molar-refractivity contribution in [1.82, 2.24) is 14.9 Å². The number of rotatable bonds is 5. The number of anilines is 1. The Hall–Kier alpha value is -1.93. The summed E-state index contributed by atoms with van der Waals surface area (Å²) in [6.45, 7) is 1.85. The van der Waals surface area contributed by atoms with E-state index in [1.807, 2.05) is 6.92 Å². The Morgan fingerprint density at radius 2 is 1.90 bits per heavy atom. The van der Waals surface area contributed by atoms with E-state index in [2.05, 4.69) is 14.9 Å². The quantitative estimate of drug-likeness (QED) is 0.882. The molecule has 0 aliphatic rings. The summed E-state index contributed by atoms with van der Waals surface area (Å²) in [5.41, 5.74) is 0.997. The van der Waals surface area contributed by atoms with Gasteiger partial charge in [-0.15, -0.1) is 0 Å². The van der Waals surface area contributed by atoms with Crippen LogP contribution in [-0.4, -0.2) is 32.7 Å². The third-order valence-corrected chi connectivity index (χ3v) is 4.02. The molecule has 0 unspecified atom stereocenters. The molecule has 0 aliphatic carbocycles. The van der Waals surface area contributed by atoms with Crippen LogP contribution in [0.4, 0.5) is 5.95 Å². The minimum atomic E-state index is -3.58. The van der Waals surface area contributed by atoms with Crippen molar-refractivity contribution in [3.8, 4) is 0 Å². The number of nitrogens with zero attached hydrogens (tertiary/aromatic N) is 3. The summed E-state index contributed by atoms with van der Waals surface area (Å²) < 4.78 is 31.5. The molecule has 0 bridgehead atoms. The largest absolute Gasteiger partial charge is 0.344 e. The first-order valence-electron chi connectivity index (χ1n) is 5.95. The summed E-state index contributed by atoms with van der Waals surface area (Å²) >= 11 is 0. The summed E-state index contributed by atoms with van der Waals surface area (Å²) in [5.74, 6) is 0.610. The Morgan fingerprint density at radius 3 is 2.45 bits per heavy atom. The lowest BCUT2D eigenvalue weighted by Crippen LogP contribution is -2.23. The summed E-state index contributed by atoms with van der Waals surface area (Å²) in [6, 6.07) is 6.59. The molecular formula is C12H16N4O3S. The molecule has 0 spiro atoms. The maximum atomic E-state index is 12.0. The SMILES string of the molecule is Cc1ccc(S(=O)(=O)NCc2nc(N(C)C)no2)cc1. The lowest BCUT2D eigenvalue weighted by Gasteiger charge is -2.05. The van der Waals surface area contributed by atoms with Gasteiger partial charge in [-0.1, -0.05) is 17.7 Å². The average Bonchev–Trinajstić information content (AvgIpc) is 2.86. The Bertz CT molecular complexity index is 677. The van der Waals surface area contributed by atoms with Crippen LogP contribution in [0.3, 0.4) is 0 Å². The fourth-order valence-electron chi connectivity index (χ4n) is 1.46. The van der Waals surface area contributed by atoms with Gasteiger partial charge in [-0.3, -0.25) is 0 Å². The highest BCUT2D eigenvalue weighted by molar-refractivity contribution is 7.89. The summed E-state index contributed by atoms with van der Waals surface area (Å²) in [5, 5.41) is 3.71. The van der Waals surface area contributed by atoms with Crippen LogP contribution in [0.15, 0.2) is 33.7 Å². The first-order valence-corrected chi connectivity index (χ1v) is 7.43. The number of benzene rings is 1. The molecule has 0 amide bonds. The zero-order valence-electron chi connectivity index (χ0n) is 11.5. The molecule has 0 saturated carbocycles. The molecule has 0 fully saturated rings. The minimum Gasteiger partial charge on any atom is -0.344 e. The van der Waals surface area contributed by atoms with E-state index in [1.165, 1.54) is 0 Å². The lowest BCUT2D eigenvalue weighted by molar-refractivity contribution is 0.375. The van der Waals surface area contributed by atoms with E-state index < -0.39 is 10.0 Å². The minimum absolute atomic E-state index is 0.0446. The highest BCUT2D eigenvalue weighted by Gasteiger charge is 2.16. The van der Waals surface area contributed by atoms with Crippen molar-refractivity contribution in [3.63, 3.8) is 0 Å². The van der Waals surface area contributed by atoms with E-state index in [4.69, 9.17) is 4.52 Å². The van der Waals surface area contributed by atoms with Gasteiger partial charge in [-0.25, -0.2) is 13.1 Å². The van der Waals surface area contributed by atoms with Crippen LogP contribution in [0.25, 0.3) is 0 Å². The Balaban J connectivity index is 2.07. The van der Waals surface area contributed by atoms with Crippen molar-refractivity contribution in [2.75, 3.05) is 19.0 Å². The second-order valence-electron chi connectivity index (χ2n) is 4.52. The lowest BCUT2D eigenvalue weighted by atomic mass is 10.2. The van der Waals surface area contributed by atoms with Crippen LogP contribution in [-0.2, 0) is 16.6 Å². The van der Waals surface area contributed by atoms with E-state index >= 15 is 0 Å². The average molecular weight is 296 g/mol. The van der Waals surface area contributed by atoms with Gasteiger partial charge in [-0.05, 0) is 24.2 Å². The molecule has 2 rings (SSSR count). The zero-order valence-corrected chi connectivity index (χ0v) is 12.3. The molecule has 1 aromatic carbocycles. The molecule has 0 saturated heterocycles. The molecule has 7 nitrogen and oxygen atoms in total. The van der Waals surface area contributed by atoms with Gasteiger partial charge >= 0.3 is 0 Å². The third kappa shape index (κ3) is 3.34. The van der Waals surface area contributed by atoms with Crippen LogP contribution < -0.4 is 9.62 Å². The first kappa shape index (κ1) is 14.5. The smallest absolute Gasteiger partial charge is 0.265 e. The number of sulfonamides is 1. The number of hydrogen-bond donors (Lipinski definition) is 1. The summed E-state index contributed by atoms with van der Waals surface area (Å²) in [4.78, 5) is 5.91. The molecule has 1 N–H and O–H groups in total. The Morgan fingerprint density at radius 1 is 1.25 bits per heavy atom. The van der Waals surface area contributed by atoms with E-state index in [9.17, 15) is 8.42 Å². The number of aromatic nitrogens is 2. The van der Waals surface area contributed by atoms with Gasteiger partial charge in [0.05, 0.1) is 11.4 Å². The maximum Gasteiger partial charge on any atom is 0.265 e. The molecule has 20 heavy (non-hydrogen) atoms. The van der Waals surface area contributed by atoms with Crippen LogP contribution in [0.2, 0.25) is 0 Å². The zero-order chi connectivity index (χ0) is 14.8. The highest BCUT2D eigenvalue weighted by atomic mass is 32.2. The highest BCUT2D eigenvalue weighted by Crippen LogP contribution is 2.11. The second-order valence-corrected chi connectivity index (χ2v) is 6.29. The van der Waals surface area contributed by atoms with Crippen LogP contribution >= 0.6 is 0 Å². The van der Waals surface area contributed by atoms with Crippen LogP contribution in [0, 0.1) is 6.92 Å². The molecule has 0 aliphatic heterocycles. The monoisotopic (exact) mass is 296 g/mol. The summed E-state index contributed by atoms with van der Waals surface area (Å²) in [6.07, 6.45) is 0. The maximum absolute atomic E-state index is 12.0. The van der Waals surface area contributed by atoms with Gasteiger partial charge in [-0.2, -0.15) is 4.98 Å². The fourth-order valence-corrected chi connectivity index (χ4v) is 2.43. The molecule has 2 aromatic rings. The fraction of sp³-hybridized carbons (Fsp3) is 0.333. The second kappa shape index (κ2) is 5.59. The van der Waals surface area contributed by atoms with Crippen molar-refractivity contribution in [2.24, 2.45) is 0 Å². The van der Waals surface area contributed by atoms with E-state index in [0.717, 1.165) is 5.56 Å². The predicted octanol–water partition coefficient (Wildman–Crippen LogP) is 0.923. The Kier molecular flexibility index (Phi) is 4.05. The van der Waals surface area contributed by atoms with Crippen molar-refractivity contribution in [2.45, 2.75) is 18.4 Å². The van der Waals surface area contributed by atoms with Gasteiger partial charge in [0.25, 0.3) is 5.95 Å². The number of nitrogens with one attached hydrogen (secondary N) is 1. The van der Waals surface area contributed by atoms with Crippen molar-refractivity contribution < 1.29 is 12.9 Å². The van der Waals surface area contributed by atoms with E-state index in [0.29, 0.717) is 5.95 Å². The van der Waals surface area contributed by atoms with E-state index in [1.54, 1.807) is 43.3 Å². The molecule has 0 radical (unpaired) electrons. The van der Waals surface area contributed by atoms with Gasteiger partial charge in [0.15, 0.2) is 0 Å². The Labute approximate surface area is 117 Å². The van der Waals surface area contributed by atoms with E-state index in [-0.39, 0.29) is 17.3 Å². The third-order valence-electron chi connectivity index (χ3n) is 2.60. The molecule has 1 aromatic heterocycles. The van der Waals surface area contributed by atoms with Crippen molar-refractivity contribution in [3.05, 3.63) is 35.7 Å². The van der Waals surface area contributed by atoms with Gasteiger partial charge < -0.3 is 9.42 Å². The van der Waals surface area contributed by atoms with Crippen LogP contribution in [0.5, 0.6) is 0 Å². The van der Waals surface area contributed by atoms with Crippen LogP contribution in [0.1, 0.15) is 11.5 Å². The van der Waals surface area contributed by atoms with Gasteiger partial charge in [0, 0.05) is 14.1 Å². The first-order chi connectivity index (χ1) is 9.38. The normalized spacial score (nSPS) is 11.6. The standard InChI is InChI=1S/C12H16N4O3S/c1-9-4-6-10(7-5-9)20(17,18)13-8-11-14-12(15-19-11)16(2)3/h4-7,13H,8H2,1-3H3. The molecule has 8 heteroatoms. The number of aryl methyl sites for hydroxylation is 1. The van der Waals surface area contributed by atoms with Gasteiger partial charge in [0.1, 0.15) is 0 Å². The molecule has 0 atom stereocenters. The molecular weight excluding hydrogens is 280 g/mol. The molecule has 108 valence electrons. The predicted molar refractivity (Wildman–Crippen MR) is 73.8 cm³/mol. The van der Waals surface area contributed by atoms with Gasteiger partial charge in [0.2, 0.25) is 15.9 Å². The van der Waals surface area contributed by atoms with Crippen molar-refractivity contribution in [1.29, 1.82) is 0 Å². The molecule has 1 heterocycles. The van der Waals surface area contributed by atoms with Crippen molar-refractivity contribution >= 4 is 16.0 Å². The topological polar surface area (TPSA) is 88.3 Å². The summed E-state index contributed by atoms with van der Waals surface area (Å²) in [7, 11) is -0.0397. The number of hydrogen-bond acceptors (Lipinski definition) is 6.